The van der Waals surface area contributed by atoms with E-state index in [-0.39, 0.29) is 17.9 Å². The average molecular weight is 347 g/mol. The minimum absolute atomic E-state index is 0.00942. The highest BCUT2D eigenvalue weighted by molar-refractivity contribution is 7.91. The third kappa shape index (κ3) is 3.48. The van der Waals surface area contributed by atoms with Crippen LogP contribution < -0.4 is 10.9 Å². The van der Waals surface area contributed by atoms with Crippen LogP contribution in [-0.4, -0.2) is 36.3 Å². The number of benzene rings is 1. The second-order valence-corrected chi connectivity index (χ2v) is 7.88. The summed E-state index contributed by atoms with van der Waals surface area (Å²) in [4.78, 5) is 24.3. The summed E-state index contributed by atoms with van der Waals surface area (Å²) in [6.45, 7) is 0. The molecule has 1 aromatic carbocycles. The van der Waals surface area contributed by atoms with E-state index in [1.54, 1.807) is 22.8 Å². The van der Waals surface area contributed by atoms with Crippen molar-refractivity contribution in [2.24, 2.45) is 5.92 Å². The lowest BCUT2D eigenvalue weighted by Crippen LogP contribution is -2.45. The predicted molar refractivity (Wildman–Crippen MR) is 88.1 cm³/mol. The van der Waals surface area contributed by atoms with Gasteiger partial charge in [0.15, 0.2) is 9.84 Å². The van der Waals surface area contributed by atoms with Crippen molar-refractivity contribution < 1.29 is 18.0 Å². The van der Waals surface area contributed by atoms with Crippen LogP contribution in [0.1, 0.15) is 16.8 Å². The summed E-state index contributed by atoms with van der Waals surface area (Å²) in [6, 6.07) is 10.7. The van der Waals surface area contributed by atoms with Gasteiger partial charge in [0.2, 0.25) is 5.91 Å². The molecule has 0 spiro atoms. The van der Waals surface area contributed by atoms with E-state index >= 15 is 0 Å². The van der Waals surface area contributed by atoms with Gasteiger partial charge in [0.05, 0.1) is 28.7 Å². The van der Waals surface area contributed by atoms with Crippen LogP contribution in [0.15, 0.2) is 48.8 Å². The fraction of sp³-hybridized carbons (Fsp3) is 0.250. The molecule has 8 heteroatoms. The van der Waals surface area contributed by atoms with Crippen molar-refractivity contribution in [2.45, 2.75) is 6.42 Å². The molecule has 1 aliphatic heterocycles. The van der Waals surface area contributed by atoms with Gasteiger partial charge in [0, 0.05) is 12.4 Å². The van der Waals surface area contributed by atoms with E-state index < -0.39 is 27.6 Å². The molecule has 2 heterocycles. The Labute approximate surface area is 139 Å². The van der Waals surface area contributed by atoms with Crippen LogP contribution in [0, 0.1) is 5.92 Å². The molecule has 0 saturated carbocycles. The van der Waals surface area contributed by atoms with Gasteiger partial charge in [0.1, 0.15) is 0 Å². The van der Waals surface area contributed by atoms with E-state index in [0.29, 0.717) is 11.3 Å². The minimum atomic E-state index is -3.14. The van der Waals surface area contributed by atoms with Crippen LogP contribution in [0.5, 0.6) is 0 Å². The molecular weight excluding hydrogens is 330 g/mol. The number of nitrogens with zero attached hydrogens (tertiary/aromatic N) is 1. The summed E-state index contributed by atoms with van der Waals surface area (Å²) in [5.41, 5.74) is 5.75. The number of carbonyl (C=O) groups is 2. The van der Waals surface area contributed by atoms with Crippen LogP contribution in [0.25, 0.3) is 5.69 Å². The lowest BCUT2D eigenvalue weighted by molar-refractivity contribution is -0.125. The standard InChI is InChI=1S/C16H17N3O4S/c20-15(12-7-10-24(22,23)11-12)17-18-16(21)13-5-1-2-6-14(13)19-8-3-4-9-19/h1-6,8-9,12H,7,10-11H2,(H,17,20)(H,18,21)/t12-/m0/s1. The molecule has 1 aliphatic rings. The number of carbonyl (C=O) groups excluding carboxylic acids is 2. The lowest BCUT2D eigenvalue weighted by Gasteiger charge is -2.13. The molecule has 1 saturated heterocycles. The summed E-state index contributed by atoms with van der Waals surface area (Å²) in [6.07, 6.45) is 3.91. The molecule has 1 atom stereocenters. The number of sulfone groups is 1. The third-order valence-electron chi connectivity index (χ3n) is 3.93. The Morgan fingerprint density at radius 2 is 1.75 bits per heavy atom. The highest BCUT2D eigenvalue weighted by Gasteiger charge is 2.33. The normalized spacial score (nSPS) is 18.9. The number of nitrogens with one attached hydrogen (secondary N) is 2. The molecule has 0 unspecified atom stereocenters. The van der Waals surface area contributed by atoms with Gasteiger partial charge in [-0.3, -0.25) is 20.4 Å². The summed E-state index contributed by atoms with van der Waals surface area (Å²) in [5.74, 6) is -1.73. The summed E-state index contributed by atoms with van der Waals surface area (Å²) >= 11 is 0. The maximum atomic E-state index is 12.3. The van der Waals surface area contributed by atoms with Crippen molar-refractivity contribution in [3.05, 3.63) is 54.4 Å². The molecule has 2 N–H and O–H groups in total. The van der Waals surface area contributed by atoms with Crippen LogP contribution >= 0.6 is 0 Å². The van der Waals surface area contributed by atoms with Crippen LogP contribution in [0.3, 0.4) is 0 Å². The molecule has 2 aromatic rings. The first kappa shape index (κ1) is 16.3. The van der Waals surface area contributed by atoms with Gasteiger partial charge in [0.25, 0.3) is 5.91 Å². The molecule has 0 bridgehead atoms. The first-order chi connectivity index (χ1) is 11.5. The third-order valence-corrected chi connectivity index (χ3v) is 5.70. The van der Waals surface area contributed by atoms with E-state index in [2.05, 4.69) is 10.9 Å². The summed E-state index contributed by atoms with van der Waals surface area (Å²) in [5, 5.41) is 0. The van der Waals surface area contributed by atoms with E-state index in [1.807, 2.05) is 30.6 Å². The van der Waals surface area contributed by atoms with Crippen molar-refractivity contribution in [2.75, 3.05) is 11.5 Å². The van der Waals surface area contributed by atoms with E-state index in [9.17, 15) is 18.0 Å². The number of aromatic nitrogens is 1. The topological polar surface area (TPSA) is 97.3 Å². The van der Waals surface area contributed by atoms with Crippen molar-refractivity contribution in [3.63, 3.8) is 0 Å². The zero-order valence-corrected chi connectivity index (χ0v) is 13.6. The number of hydrogen-bond donors (Lipinski definition) is 2. The Kier molecular flexibility index (Phi) is 4.39. The Bertz CT molecular complexity index is 859. The number of amides is 2. The SMILES string of the molecule is O=C(NNC(=O)[C@H]1CCS(=O)(=O)C1)c1ccccc1-n1cccc1. The highest BCUT2D eigenvalue weighted by Crippen LogP contribution is 2.18. The van der Waals surface area contributed by atoms with Crippen molar-refractivity contribution >= 4 is 21.7 Å². The lowest BCUT2D eigenvalue weighted by atomic mass is 10.1. The van der Waals surface area contributed by atoms with Crippen LogP contribution in [0.2, 0.25) is 0 Å². The smallest absolute Gasteiger partial charge is 0.271 e. The van der Waals surface area contributed by atoms with Crippen molar-refractivity contribution in [3.8, 4) is 5.69 Å². The molecule has 0 aliphatic carbocycles. The Morgan fingerprint density at radius 1 is 1.04 bits per heavy atom. The maximum Gasteiger partial charge on any atom is 0.271 e. The second kappa shape index (κ2) is 6.48. The number of hydrazine groups is 1. The summed E-state index contributed by atoms with van der Waals surface area (Å²) in [7, 11) is -3.14. The molecule has 1 fully saturated rings. The van der Waals surface area contributed by atoms with Crippen LogP contribution in [0.4, 0.5) is 0 Å². The Hall–Kier alpha value is -2.61. The van der Waals surface area contributed by atoms with Crippen molar-refractivity contribution in [1.82, 2.24) is 15.4 Å². The fourth-order valence-corrected chi connectivity index (χ4v) is 4.42. The number of rotatable bonds is 3. The largest absolute Gasteiger partial charge is 0.323 e. The van der Waals surface area contributed by atoms with Gasteiger partial charge < -0.3 is 4.57 Å². The van der Waals surface area contributed by atoms with Gasteiger partial charge in [-0.2, -0.15) is 0 Å². The first-order valence-corrected chi connectivity index (χ1v) is 9.31. The van der Waals surface area contributed by atoms with Crippen molar-refractivity contribution in [1.29, 1.82) is 0 Å². The zero-order valence-electron chi connectivity index (χ0n) is 12.8. The fourth-order valence-electron chi connectivity index (χ4n) is 2.68. The first-order valence-electron chi connectivity index (χ1n) is 7.49. The predicted octanol–water partition coefficient (Wildman–Crippen LogP) is 0.673. The average Bonchev–Trinajstić information content (AvgIpc) is 3.21. The van der Waals surface area contributed by atoms with Crippen LogP contribution in [-0.2, 0) is 14.6 Å². The minimum Gasteiger partial charge on any atom is -0.323 e. The monoisotopic (exact) mass is 347 g/mol. The van der Waals surface area contributed by atoms with E-state index in [1.165, 1.54) is 0 Å². The Balaban J connectivity index is 1.67. The second-order valence-electron chi connectivity index (χ2n) is 5.65. The molecule has 0 radical (unpaired) electrons. The van der Waals surface area contributed by atoms with Gasteiger partial charge in [-0.15, -0.1) is 0 Å². The molecule has 126 valence electrons. The van der Waals surface area contributed by atoms with E-state index in [4.69, 9.17) is 0 Å². The quantitative estimate of drug-likeness (QED) is 0.798. The number of para-hydroxylation sites is 1. The molecule has 24 heavy (non-hydrogen) atoms. The molecule has 2 amide bonds. The number of hydrogen-bond acceptors (Lipinski definition) is 4. The molecule has 7 nitrogen and oxygen atoms in total. The zero-order chi connectivity index (χ0) is 17.2. The molecule has 1 aromatic heterocycles. The highest BCUT2D eigenvalue weighted by atomic mass is 32.2. The maximum absolute atomic E-state index is 12.3. The van der Waals surface area contributed by atoms with Gasteiger partial charge in [-0.25, -0.2) is 8.42 Å². The van der Waals surface area contributed by atoms with E-state index in [0.717, 1.165) is 0 Å². The molecule has 3 rings (SSSR count). The molecular formula is C16H17N3O4S. The van der Waals surface area contributed by atoms with Gasteiger partial charge in [-0.05, 0) is 30.7 Å². The van der Waals surface area contributed by atoms with Gasteiger partial charge >= 0.3 is 0 Å². The van der Waals surface area contributed by atoms with Gasteiger partial charge in [-0.1, -0.05) is 12.1 Å². The summed E-state index contributed by atoms with van der Waals surface area (Å²) < 4.78 is 24.6. The Morgan fingerprint density at radius 3 is 2.42 bits per heavy atom.